The molecule has 1 rings (SSSR count). The average Bonchev–Trinajstić information content (AvgIpc) is 2.27. The van der Waals surface area contributed by atoms with Gasteiger partial charge in [0.1, 0.15) is 0 Å². The van der Waals surface area contributed by atoms with Crippen molar-refractivity contribution in [2.45, 2.75) is 46.7 Å². The van der Waals surface area contributed by atoms with Gasteiger partial charge in [-0.15, -0.1) is 0 Å². The maximum Gasteiger partial charge on any atom is 0.236 e. The molecule has 18 heavy (non-hydrogen) atoms. The van der Waals surface area contributed by atoms with E-state index in [9.17, 15) is 4.79 Å². The Bertz CT molecular complexity index is 395. The first-order chi connectivity index (χ1) is 8.43. The van der Waals surface area contributed by atoms with E-state index in [0.29, 0.717) is 6.54 Å². The molecule has 1 aromatic rings. The number of benzene rings is 1. The first-order valence-electron chi connectivity index (χ1n) is 6.56. The summed E-state index contributed by atoms with van der Waals surface area (Å²) in [6, 6.07) is 6.47. The summed E-state index contributed by atoms with van der Waals surface area (Å²) in [6.07, 6.45) is 0. The van der Waals surface area contributed by atoms with E-state index in [2.05, 4.69) is 49.6 Å². The standard InChI is InChI=1S/C15H24N2O/c1-6-16-15(18)13(5)17-12(4)14-8-10(2)7-11(3)9-14/h7-9,12-13,17H,6H2,1-5H3,(H,16,18). The van der Waals surface area contributed by atoms with Gasteiger partial charge in [-0.2, -0.15) is 0 Å². The summed E-state index contributed by atoms with van der Waals surface area (Å²) in [4.78, 5) is 11.7. The normalized spacial score (nSPS) is 14.1. The van der Waals surface area contributed by atoms with Gasteiger partial charge < -0.3 is 5.32 Å². The first kappa shape index (κ1) is 14.7. The molecule has 0 spiro atoms. The number of nitrogens with one attached hydrogen (secondary N) is 2. The van der Waals surface area contributed by atoms with Crippen molar-refractivity contribution in [3.8, 4) is 0 Å². The van der Waals surface area contributed by atoms with E-state index in [4.69, 9.17) is 0 Å². The second kappa shape index (κ2) is 6.55. The highest BCUT2D eigenvalue weighted by Crippen LogP contribution is 2.17. The minimum absolute atomic E-state index is 0.0497. The summed E-state index contributed by atoms with van der Waals surface area (Å²) in [6.45, 7) is 10.8. The van der Waals surface area contributed by atoms with Gasteiger partial charge in [-0.3, -0.25) is 10.1 Å². The number of rotatable bonds is 5. The Morgan fingerprint density at radius 2 is 1.72 bits per heavy atom. The highest BCUT2D eigenvalue weighted by molar-refractivity contribution is 5.81. The van der Waals surface area contributed by atoms with E-state index in [1.165, 1.54) is 16.7 Å². The van der Waals surface area contributed by atoms with Crippen LogP contribution in [-0.4, -0.2) is 18.5 Å². The zero-order valence-corrected chi connectivity index (χ0v) is 12.0. The maximum atomic E-state index is 11.7. The number of carbonyl (C=O) groups excluding carboxylic acids is 1. The van der Waals surface area contributed by atoms with E-state index >= 15 is 0 Å². The molecule has 0 bridgehead atoms. The SMILES string of the molecule is CCNC(=O)C(C)NC(C)c1cc(C)cc(C)c1. The highest BCUT2D eigenvalue weighted by Gasteiger charge is 2.15. The molecule has 3 heteroatoms. The molecule has 2 unspecified atom stereocenters. The minimum atomic E-state index is -0.180. The number of aryl methyl sites for hydroxylation is 2. The van der Waals surface area contributed by atoms with E-state index in [1.807, 2.05) is 13.8 Å². The maximum absolute atomic E-state index is 11.7. The summed E-state index contributed by atoms with van der Waals surface area (Å²) < 4.78 is 0. The van der Waals surface area contributed by atoms with Gasteiger partial charge in [0.05, 0.1) is 6.04 Å². The van der Waals surface area contributed by atoms with Crippen LogP contribution in [0.25, 0.3) is 0 Å². The average molecular weight is 248 g/mol. The molecule has 2 atom stereocenters. The fourth-order valence-corrected chi connectivity index (χ4v) is 2.13. The van der Waals surface area contributed by atoms with Crippen LogP contribution in [0.5, 0.6) is 0 Å². The zero-order chi connectivity index (χ0) is 13.7. The van der Waals surface area contributed by atoms with Gasteiger partial charge in [0.2, 0.25) is 5.91 Å². The van der Waals surface area contributed by atoms with E-state index in [0.717, 1.165) is 0 Å². The van der Waals surface area contributed by atoms with Crippen LogP contribution in [0.2, 0.25) is 0 Å². The molecule has 0 aliphatic carbocycles. The van der Waals surface area contributed by atoms with Gasteiger partial charge >= 0.3 is 0 Å². The Morgan fingerprint density at radius 3 is 2.22 bits per heavy atom. The molecular weight excluding hydrogens is 224 g/mol. The second-order valence-corrected chi connectivity index (χ2v) is 4.93. The number of hydrogen-bond donors (Lipinski definition) is 2. The van der Waals surface area contributed by atoms with Crippen LogP contribution in [0.1, 0.15) is 43.5 Å². The quantitative estimate of drug-likeness (QED) is 0.840. The molecule has 0 fully saturated rings. The lowest BCUT2D eigenvalue weighted by Crippen LogP contribution is -2.43. The van der Waals surface area contributed by atoms with E-state index < -0.39 is 0 Å². The molecular formula is C15H24N2O. The van der Waals surface area contributed by atoms with Crippen molar-refractivity contribution in [2.24, 2.45) is 0 Å². The molecule has 3 nitrogen and oxygen atoms in total. The summed E-state index contributed by atoms with van der Waals surface area (Å²) in [5, 5.41) is 6.15. The summed E-state index contributed by atoms with van der Waals surface area (Å²) in [5.41, 5.74) is 3.73. The van der Waals surface area contributed by atoms with Crippen LogP contribution in [0, 0.1) is 13.8 Å². The van der Waals surface area contributed by atoms with Crippen LogP contribution >= 0.6 is 0 Å². The number of carbonyl (C=O) groups is 1. The fraction of sp³-hybridized carbons (Fsp3) is 0.533. The molecule has 2 N–H and O–H groups in total. The molecule has 1 amide bonds. The Morgan fingerprint density at radius 1 is 1.17 bits per heavy atom. The summed E-state index contributed by atoms with van der Waals surface area (Å²) in [7, 11) is 0. The fourth-order valence-electron chi connectivity index (χ4n) is 2.13. The van der Waals surface area contributed by atoms with Crippen LogP contribution in [0.4, 0.5) is 0 Å². The van der Waals surface area contributed by atoms with Crippen molar-refractivity contribution in [3.05, 3.63) is 34.9 Å². The smallest absolute Gasteiger partial charge is 0.236 e. The predicted molar refractivity (Wildman–Crippen MR) is 75.6 cm³/mol. The first-order valence-corrected chi connectivity index (χ1v) is 6.56. The van der Waals surface area contributed by atoms with Crippen molar-refractivity contribution >= 4 is 5.91 Å². The third-order valence-corrected chi connectivity index (χ3v) is 2.99. The van der Waals surface area contributed by atoms with Crippen molar-refractivity contribution < 1.29 is 4.79 Å². The van der Waals surface area contributed by atoms with Gasteiger partial charge in [-0.1, -0.05) is 29.3 Å². The van der Waals surface area contributed by atoms with Crippen LogP contribution in [-0.2, 0) is 4.79 Å². The molecule has 0 saturated carbocycles. The Hall–Kier alpha value is -1.35. The molecule has 0 aliphatic rings. The highest BCUT2D eigenvalue weighted by atomic mass is 16.2. The lowest BCUT2D eigenvalue weighted by molar-refractivity contribution is -0.122. The van der Waals surface area contributed by atoms with Crippen LogP contribution in [0.15, 0.2) is 18.2 Å². The minimum Gasteiger partial charge on any atom is -0.355 e. The number of likely N-dealkylation sites (N-methyl/N-ethyl adjacent to an activating group) is 1. The van der Waals surface area contributed by atoms with E-state index in [-0.39, 0.29) is 18.0 Å². The molecule has 100 valence electrons. The van der Waals surface area contributed by atoms with Gasteiger partial charge in [-0.05, 0) is 40.2 Å². The van der Waals surface area contributed by atoms with Gasteiger partial charge in [0.25, 0.3) is 0 Å². The van der Waals surface area contributed by atoms with Crippen LogP contribution < -0.4 is 10.6 Å². The van der Waals surface area contributed by atoms with Gasteiger partial charge in [0.15, 0.2) is 0 Å². The lowest BCUT2D eigenvalue weighted by atomic mass is 10.0. The van der Waals surface area contributed by atoms with Crippen molar-refractivity contribution in [3.63, 3.8) is 0 Å². The lowest BCUT2D eigenvalue weighted by Gasteiger charge is -2.20. The zero-order valence-electron chi connectivity index (χ0n) is 12.0. The third-order valence-electron chi connectivity index (χ3n) is 2.99. The molecule has 1 aromatic carbocycles. The van der Waals surface area contributed by atoms with Crippen LogP contribution in [0.3, 0.4) is 0 Å². The summed E-state index contributed by atoms with van der Waals surface area (Å²) in [5.74, 6) is 0.0497. The monoisotopic (exact) mass is 248 g/mol. The van der Waals surface area contributed by atoms with Crippen molar-refractivity contribution in [1.29, 1.82) is 0 Å². The van der Waals surface area contributed by atoms with E-state index in [1.54, 1.807) is 0 Å². The predicted octanol–water partition coefficient (Wildman–Crippen LogP) is 2.48. The second-order valence-electron chi connectivity index (χ2n) is 4.93. The molecule has 0 aromatic heterocycles. The molecule has 0 radical (unpaired) electrons. The topological polar surface area (TPSA) is 41.1 Å². The van der Waals surface area contributed by atoms with Gasteiger partial charge in [0, 0.05) is 12.6 Å². The number of amides is 1. The van der Waals surface area contributed by atoms with Gasteiger partial charge in [-0.25, -0.2) is 0 Å². The molecule has 0 heterocycles. The summed E-state index contributed by atoms with van der Waals surface area (Å²) >= 11 is 0. The van der Waals surface area contributed by atoms with Crippen molar-refractivity contribution in [1.82, 2.24) is 10.6 Å². The van der Waals surface area contributed by atoms with Crippen molar-refractivity contribution in [2.75, 3.05) is 6.54 Å². The number of hydrogen-bond acceptors (Lipinski definition) is 2. The Labute approximate surface area is 110 Å². The third kappa shape index (κ3) is 4.15. The Balaban J connectivity index is 2.69. The largest absolute Gasteiger partial charge is 0.355 e. The molecule has 0 aliphatic heterocycles. The molecule has 0 saturated heterocycles. The Kier molecular flexibility index (Phi) is 5.35.